The summed E-state index contributed by atoms with van der Waals surface area (Å²) in [5.41, 5.74) is 1.51. The average Bonchev–Trinajstić information content (AvgIpc) is 3.38. The van der Waals surface area contributed by atoms with Crippen LogP contribution in [0.3, 0.4) is 0 Å². The number of benzene rings is 1. The minimum Gasteiger partial charge on any atom is -0.379 e. The van der Waals surface area contributed by atoms with Gasteiger partial charge in [-0.3, -0.25) is 9.80 Å². The van der Waals surface area contributed by atoms with Gasteiger partial charge in [-0.25, -0.2) is 9.37 Å². The number of halogens is 1. The van der Waals surface area contributed by atoms with Crippen LogP contribution >= 0.6 is 0 Å². The lowest BCUT2D eigenvalue weighted by Crippen LogP contribution is -2.61. The fourth-order valence-electron chi connectivity index (χ4n) is 5.57. The van der Waals surface area contributed by atoms with Gasteiger partial charge in [0.1, 0.15) is 0 Å². The van der Waals surface area contributed by atoms with E-state index in [0.29, 0.717) is 18.3 Å². The first-order valence-electron chi connectivity index (χ1n) is 13.6. The number of anilines is 3. The maximum Gasteiger partial charge on any atom is 0.229 e. The topological polar surface area (TPSA) is 109 Å². The van der Waals surface area contributed by atoms with Crippen molar-refractivity contribution in [3.63, 3.8) is 0 Å². The molecule has 0 unspecified atom stereocenters. The van der Waals surface area contributed by atoms with E-state index >= 15 is 0 Å². The quantitative estimate of drug-likeness (QED) is 0.443. The van der Waals surface area contributed by atoms with Crippen LogP contribution in [0.25, 0.3) is 11.4 Å². The normalized spacial score (nSPS) is 20.2. The minimum atomic E-state index is -0.471. The van der Waals surface area contributed by atoms with E-state index in [1.807, 2.05) is 24.3 Å². The summed E-state index contributed by atoms with van der Waals surface area (Å²) in [5, 5.41) is 19.5. The van der Waals surface area contributed by atoms with Gasteiger partial charge >= 0.3 is 0 Å². The molecule has 0 atom stereocenters. The Balaban J connectivity index is 1.25. The van der Waals surface area contributed by atoms with Crippen molar-refractivity contribution in [2.24, 2.45) is 0 Å². The van der Waals surface area contributed by atoms with Crippen LogP contribution in [0.5, 0.6) is 0 Å². The van der Waals surface area contributed by atoms with Crippen molar-refractivity contribution >= 4 is 17.5 Å². The Morgan fingerprint density at radius 1 is 1.08 bits per heavy atom. The third-order valence-electron chi connectivity index (χ3n) is 7.94. The number of nitrogens with zero attached hydrogens (tertiary/aromatic N) is 8. The molecule has 0 spiro atoms. The summed E-state index contributed by atoms with van der Waals surface area (Å²) in [5.74, 6) is 0.580. The summed E-state index contributed by atoms with van der Waals surface area (Å²) in [7, 11) is 2.15. The molecule has 5 rings (SSSR count). The molecule has 0 aliphatic carbocycles. The first-order valence-corrected chi connectivity index (χ1v) is 13.6. The average molecular weight is 539 g/mol. The van der Waals surface area contributed by atoms with Crippen LogP contribution in [0.1, 0.15) is 40.5 Å². The smallest absolute Gasteiger partial charge is 0.229 e. The molecule has 2 saturated heterocycles. The lowest BCUT2D eigenvalue weighted by atomic mass is 9.77. The second kappa shape index (κ2) is 11.1. The van der Waals surface area contributed by atoms with E-state index in [1.165, 1.54) is 6.20 Å². The van der Waals surface area contributed by atoms with Gasteiger partial charge in [-0.15, -0.1) is 10.2 Å². The molecule has 210 valence electrons. The first-order chi connectivity index (χ1) is 18.6. The van der Waals surface area contributed by atoms with Gasteiger partial charge in [-0.05, 0) is 64.9 Å². The van der Waals surface area contributed by atoms with Crippen molar-refractivity contribution < 1.29 is 9.13 Å². The lowest BCUT2D eigenvalue weighted by Gasteiger charge is -2.53. The van der Waals surface area contributed by atoms with Crippen molar-refractivity contribution in [2.45, 2.75) is 64.2 Å². The number of aromatic nitrogens is 6. The van der Waals surface area contributed by atoms with E-state index in [4.69, 9.17) is 4.74 Å². The number of hydrogen-bond acceptors (Lipinski definition) is 10. The van der Waals surface area contributed by atoms with Gasteiger partial charge in [0.25, 0.3) is 0 Å². The molecule has 12 heteroatoms. The Kier molecular flexibility index (Phi) is 7.79. The molecular formula is C27H39FN10O. The summed E-state index contributed by atoms with van der Waals surface area (Å²) in [6, 6.07) is 7.72. The van der Waals surface area contributed by atoms with E-state index in [1.54, 1.807) is 4.80 Å². The standard InChI is InChI=1S/C27H39FN10O/c1-26(2)16-21(17-27(3,4)36(26)5)30-24-22(28)18-29-25(32-24)31-20-8-6-7-19(15-20)23-33-35-38(34-23)10-9-37-11-13-39-14-12-37/h6-8,15,18,21H,9-14,16-17H2,1-5H3,(H2,29,30,31,32). The Labute approximate surface area is 229 Å². The van der Waals surface area contributed by atoms with Gasteiger partial charge in [-0.1, -0.05) is 12.1 Å². The van der Waals surface area contributed by atoms with Gasteiger partial charge in [-0.2, -0.15) is 9.78 Å². The predicted molar refractivity (Wildman–Crippen MR) is 148 cm³/mol. The van der Waals surface area contributed by atoms with Gasteiger partial charge in [0.15, 0.2) is 11.6 Å². The molecule has 2 aliphatic heterocycles. The Morgan fingerprint density at radius 3 is 2.56 bits per heavy atom. The highest BCUT2D eigenvalue weighted by Crippen LogP contribution is 2.38. The van der Waals surface area contributed by atoms with E-state index < -0.39 is 5.82 Å². The van der Waals surface area contributed by atoms with Crippen molar-refractivity contribution in [3.8, 4) is 11.4 Å². The number of piperidine rings is 1. The monoisotopic (exact) mass is 538 g/mol. The van der Waals surface area contributed by atoms with Crippen LogP contribution in [0.4, 0.5) is 21.8 Å². The molecule has 0 radical (unpaired) electrons. The number of likely N-dealkylation sites (tertiary alicyclic amines) is 1. The van der Waals surface area contributed by atoms with Crippen LogP contribution in [0, 0.1) is 5.82 Å². The lowest BCUT2D eigenvalue weighted by molar-refractivity contribution is -0.00778. The molecular weight excluding hydrogens is 499 g/mol. The fourth-order valence-corrected chi connectivity index (χ4v) is 5.57. The van der Waals surface area contributed by atoms with Crippen molar-refractivity contribution in [2.75, 3.05) is 50.5 Å². The van der Waals surface area contributed by atoms with E-state index in [-0.39, 0.29) is 22.9 Å². The number of rotatable bonds is 8. The Hall–Kier alpha value is -3.22. The maximum atomic E-state index is 14.7. The fraction of sp³-hybridized carbons (Fsp3) is 0.593. The molecule has 4 heterocycles. The Bertz CT molecular complexity index is 1250. The zero-order valence-electron chi connectivity index (χ0n) is 23.5. The van der Waals surface area contributed by atoms with Crippen molar-refractivity contribution in [1.82, 2.24) is 40.0 Å². The summed E-state index contributed by atoms with van der Waals surface area (Å²) >= 11 is 0. The molecule has 1 aromatic carbocycles. The molecule has 0 bridgehead atoms. The van der Waals surface area contributed by atoms with Crippen LogP contribution < -0.4 is 10.6 Å². The number of hydrogen-bond donors (Lipinski definition) is 2. The number of morpholine rings is 1. The second-order valence-electron chi connectivity index (χ2n) is 11.7. The third kappa shape index (κ3) is 6.51. The summed E-state index contributed by atoms with van der Waals surface area (Å²) in [4.78, 5) is 15.0. The van der Waals surface area contributed by atoms with E-state index in [2.05, 4.69) is 80.6 Å². The van der Waals surface area contributed by atoms with E-state index in [0.717, 1.165) is 56.9 Å². The molecule has 2 aliphatic rings. The summed E-state index contributed by atoms with van der Waals surface area (Å²) in [6.07, 6.45) is 2.96. The molecule has 11 nitrogen and oxygen atoms in total. The number of ether oxygens (including phenoxy) is 1. The van der Waals surface area contributed by atoms with Crippen LogP contribution in [0.2, 0.25) is 0 Å². The molecule has 2 N–H and O–H groups in total. The van der Waals surface area contributed by atoms with Gasteiger partial charge in [0, 0.05) is 48.0 Å². The highest BCUT2D eigenvalue weighted by molar-refractivity contribution is 5.65. The zero-order valence-corrected chi connectivity index (χ0v) is 23.5. The highest BCUT2D eigenvalue weighted by atomic mass is 19.1. The van der Waals surface area contributed by atoms with Crippen LogP contribution in [-0.4, -0.2) is 97.0 Å². The third-order valence-corrected chi connectivity index (χ3v) is 7.94. The minimum absolute atomic E-state index is 0.0250. The van der Waals surface area contributed by atoms with Gasteiger partial charge in [0.05, 0.1) is 26.0 Å². The van der Waals surface area contributed by atoms with E-state index in [9.17, 15) is 4.39 Å². The van der Waals surface area contributed by atoms with Crippen LogP contribution in [0.15, 0.2) is 30.5 Å². The number of nitrogens with one attached hydrogen (secondary N) is 2. The summed E-state index contributed by atoms with van der Waals surface area (Å²) < 4.78 is 20.1. The van der Waals surface area contributed by atoms with Crippen molar-refractivity contribution in [3.05, 3.63) is 36.3 Å². The molecule has 0 saturated carbocycles. The largest absolute Gasteiger partial charge is 0.379 e. The maximum absolute atomic E-state index is 14.7. The first kappa shape index (κ1) is 27.4. The van der Waals surface area contributed by atoms with Crippen LogP contribution in [-0.2, 0) is 11.3 Å². The van der Waals surface area contributed by atoms with Crippen molar-refractivity contribution in [1.29, 1.82) is 0 Å². The predicted octanol–water partition coefficient (Wildman–Crippen LogP) is 3.41. The number of tetrazole rings is 1. The molecule has 39 heavy (non-hydrogen) atoms. The summed E-state index contributed by atoms with van der Waals surface area (Å²) in [6.45, 7) is 13.8. The van der Waals surface area contributed by atoms with Gasteiger partial charge < -0.3 is 15.4 Å². The molecule has 2 aromatic heterocycles. The highest BCUT2D eigenvalue weighted by Gasteiger charge is 2.43. The van der Waals surface area contributed by atoms with Gasteiger partial charge in [0.2, 0.25) is 11.8 Å². The SMILES string of the molecule is CN1C(C)(C)CC(Nc2nc(Nc3cccc(-c4nnn(CCN5CCOCC5)n4)c3)ncc2F)CC1(C)C. The second-order valence-corrected chi connectivity index (χ2v) is 11.7. The molecule has 3 aromatic rings. The zero-order chi connectivity index (χ0) is 27.6. The Morgan fingerprint density at radius 2 is 1.82 bits per heavy atom. The molecule has 2 fully saturated rings. The molecule has 0 amide bonds.